The molecule has 27 heavy (non-hydrogen) atoms. The van der Waals surface area contributed by atoms with Crippen molar-refractivity contribution in [2.45, 2.75) is 31.6 Å². The maximum atomic E-state index is 10.6. The van der Waals surface area contributed by atoms with Crippen LogP contribution in [0.2, 0.25) is 5.02 Å². The second-order valence-corrected chi connectivity index (χ2v) is 7.88. The largest absolute Gasteiger partial charge is 0.488 e. The van der Waals surface area contributed by atoms with E-state index in [-0.39, 0.29) is 6.10 Å². The second-order valence-electron chi connectivity index (χ2n) is 7.44. The van der Waals surface area contributed by atoms with Gasteiger partial charge >= 0.3 is 6.01 Å². The fourth-order valence-corrected chi connectivity index (χ4v) is 4.43. The van der Waals surface area contributed by atoms with Crippen LogP contribution in [0.15, 0.2) is 36.7 Å². The number of aliphatic hydroxyl groups excluding tert-OH is 1. The lowest BCUT2D eigenvalue weighted by atomic mass is 9.78. The molecule has 1 saturated carbocycles. The molecule has 0 amide bonds. The van der Waals surface area contributed by atoms with E-state index in [2.05, 4.69) is 14.9 Å². The molecule has 0 bridgehead atoms. The lowest BCUT2D eigenvalue weighted by molar-refractivity contribution is -0.0231. The highest BCUT2D eigenvalue weighted by Crippen LogP contribution is 2.38. The summed E-state index contributed by atoms with van der Waals surface area (Å²) < 4.78 is 11.1. The molecule has 144 valence electrons. The molecular formula is C20H24ClN3O3. The van der Waals surface area contributed by atoms with Crippen molar-refractivity contribution in [2.75, 3.05) is 20.2 Å². The number of rotatable bonds is 5. The number of benzene rings is 1. The molecule has 1 aromatic heterocycles. The Balaban J connectivity index is 1.36. The first-order chi connectivity index (χ1) is 13.1. The molecular weight excluding hydrogens is 366 g/mol. The van der Waals surface area contributed by atoms with E-state index in [1.807, 2.05) is 30.6 Å². The Morgan fingerprint density at radius 2 is 1.93 bits per heavy atom. The highest BCUT2D eigenvalue weighted by molar-refractivity contribution is 6.30. The van der Waals surface area contributed by atoms with Crippen LogP contribution in [0, 0.1) is 11.8 Å². The van der Waals surface area contributed by atoms with Gasteiger partial charge in [0.25, 0.3) is 0 Å². The molecule has 0 spiro atoms. The SMILES string of the molecule is COc1ncc(CN2C[C@H]3C[C@@H](Oc4cccc(Cl)c4)[C@H](O)C[C@H]3C2)cn1. The summed E-state index contributed by atoms with van der Waals surface area (Å²) in [7, 11) is 1.56. The monoisotopic (exact) mass is 389 g/mol. The Morgan fingerprint density at radius 3 is 2.63 bits per heavy atom. The van der Waals surface area contributed by atoms with Crippen molar-refractivity contribution in [3.63, 3.8) is 0 Å². The number of halogens is 1. The van der Waals surface area contributed by atoms with Crippen LogP contribution in [0.5, 0.6) is 11.8 Å². The van der Waals surface area contributed by atoms with E-state index in [0.717, 1.165) is 43.8 Å². The van der Waals surface area contributed by atoms with Crippen molar-refractivity contribution in [3.05, 3.63) is 47.2 Å². The third-order valence-corrected chi connectivity index (χ3v) is 5.75. The van der Waals surface area contributed by atoms with Crippen LogP contribution >= 0.6 is 11.6 Å². The molecule has 4 atom stereocenters. The van der Waals surface area contributed by atoms with Gasteiger partial charge in [-0.15, -0.1) is 0 Å². The second kappa shape index (κ2) is 8.00. The van der Waals surface area contributed by atoms with Gasteiger partial charge in [-0.25, -0.2) is 9.97 Å². The van der Waals surface area contributed by atoms with Crippen molar-refractivity contribution >= 4 is 11.6 Å². The summed E-state index contributed by atoms with van der Waals surface area (Å²) >= 11 is 6.04. The third kappa shape index (κ3) is 4.34. The molecule has 2 heterocycles. The van der Waals surface area contributed by atoms with Crippen LogP contribution in [0.3, 0.4) is 0 Å². The summed E-state index contributed by atoms with van der Waals surface area (Å²) in [6.45, 7) is 2.80. The number of hydrogen-bond acceptors (Lipinski definition) is 6. The minimum absolute atomic E-state index is 0.186. The molecule has 2 fully saturated rings. The summed E-state index contributed by atoms with van der Waals surface area (Å²) in [6, 6.07) is 7.75. The number of hydrogen-bond donors (Lipinski definition) is 1. The molecule has 1 aromatic carbocycles. The van der Waals surface area contributed by atoms with Gasteiger partial charge in [0, 0.05) is 42.6 Å². The maximum Gasteiger partial charge on any atom is 0.316 e. The molecule has 6 nitrogen and oxygen atoms in total. The average molecular weight is 390 g/mol. The van der Waals surface area contributed by atoms with E-state index < -0.39 is 6.10 Å². The molecule has 1 aliphatic heterocycles. The zero-order valence-corrected chi connectivity index (χ0v) is 16.0. The maximum absolute atomic E-state index is 10.6. The number of ether oxygens (including phenoxy) is 2. The van der Waals surface area contributed by atoms with Crippen molar-refractivity contribution in [2.24, 2.45) is 11.8 Å². The highest BCUT2D eigenvalue weighted by Gasteiger charge is 2.42. The molecule has 1 saturated heterocycles. The first-order valence-electron chi connectivity index (χ1n) is 9.28. The van der Waals surface area contributed by atoms with Gasteiger partial charge in [-0.1, -0.05) is 17.7 Å². The van der Waals surface area contributed by atoms with E-state index in [0.29, 0.717) is 22.9 Å². The molecule has 7 heteroatoms. The normalized spacial score (nSPS) is 28.0. The molecule has 2 aliphatic rings. The molecule has 0 unspecified atom stereocenters. The Bertz CT molecular complexity index is 773. The fraction of sp³-hybridized carbons (Fsp3) is 0.500. The summed E-state index contributed by atoms with van der Waals surface area (Å²) in [5.74, 6) is 1.74. The van der Waals surface area contributed by atoms with Crippen LogP contribution < -0.4 is 9.47 Å². The lowest BCUT2D eigenvalue weighted by Crippen LogP contribution is -2.42. The summed E-state index contributed by atoms with van der Waals surface area (Å²) in [6.07, 6.45) is 4.62. The topological polar surface area (TPSA) is 67.7 Å². The van der Waals surface area contributed by atoms with Crippen molar-refractivity contribution in [1.82, 2.24) is 14.9 Å². The van der Waals surface area contributed by atoms with Gasteiger partial charge in [0.15, 0.2) is 0 Å². The van der Waals surface area contributed by atoms with Gasteiger partial charge in [-0.3, -0.25) is 4.90 Å². The van der Waals surface area contributed by atoms with Gasteiger partial charge in [0.05, 0.1) is 13.2 Å². The van der Waals surface area contributed by atoms with Crippen molar-refractivity contribution in [1.29, 1.82) is 0 Å². The number of aliphatic hydroxyl groups is 1. The predicted molar refractivity (Wildman–Crippen MR) is 102 cm³/mol. The molecule has 0 radical (unpaired) electrons. The highest BCUT2D eigenvalue weighted by atomic mass is 35.5. The Kier molecular flexibility index (Phi) is 5.48. The zero-order chi connectivity index (χ0) is 18.8. The minimum Gasteiger partial charge on any atom is -0.488 e. The first kappa shape index (κ1) is 18.5. The standard InChI is InChI=1S/C20H24ClN3O3/c1-26-20-22-8-13(9-23-20)10-24-11-14-5-18(25)19(6-15(14)12-24)27-17-4-2-3-16(21)7-17/h2-4,7-9,14-15,18-19,25H,5-6,10-12H2,1H3/t14-,15+,18+,19+/m0/s1. The molecule has 1 aliphatic carbocycles. The molecule has 4 rings (SSSR count). The average Bonchev–Trinajstić information content (AvgIpc) is 3.03. The Morgan fingerprint density at radius 1 is 1.19 bits per heavy atom. The summed E-state index contributed by atoms with van der Waals surface area (Å²) in [5, 5.41) is 11.2. The zero-order valence-electron chi connectivity index (χ0n) is 15.3. The minimum atomic E-state index is -0.450. The van der Waals surface area contributed by atoms with Crippen LogP contribution in [-0.4, -0.2) is 52.4 Å². The summed E-state index contributed by atoms with van der Waals surface area (Å²) in [5.41, 5.74) is 1.07. The van der Waals surface area contributed by atoms with Gasteiger partial charge in [0.2, 0.25) is 0 Å². The summed E-state index contributed by atoms with van der Waals surface area (Å²) in [4.78, 5) is 10.8. The number of fused-ring (bicyclic) bond motifs is 1. The van der Waals surface area contributed by atoms with E-state index >= 15 is 0 Å². The Hall–Kier alpha value is -1.89. The first-order valence-corrected chi connectivity index (χ1v) is 9.66. The van der Waals surface area contributed by atoms with Gasteiger partial charge in [0.1, 0.15) is 11.9 Å². The number of aromatic nitrogens is 2. The van der Waals surface area contributed by atoms with Gasteiger partial charge in [-0.05, 0) is 42.9 Å². The van der Waals surface area contributed by atoms with E-state index in [9.17, 15) is 5.11 Å². The van der Waals surface area contributed by atoms with Crippen LogP contribution in [0.1, 0.15) is 18.4 Å². The van der Waals surface area contributed by atoms with E-state index in [1.165, 1.54) is 0 Å². The smallest absolute Gasteiger partial charge is 0.316 e. The lowest BCUT2D eigenvalue weighted by Gasteiger charge is -2.35. The molecule has 2 aromatic rings. The number of nitrogens with zero attached hydrogens (tertiary/aromatic N) is 3. The van der Waals surface area contributed by atoms with Crippen LogP contribution in [0.4, 0.5) is 0 Å². The Labute approximate surface area is 164 Å². The number of methoxy groups -OCH3 is 1. The fourth-order valence-electron chi connectivity index (χ4n) is 4.25. The van der Waals surface area contributed by atoms with Gasteiger partial charge < -0.3 is 14.6 Å². The third-order valence-electron chi connectivity index (χ3n) is 5.51. The predicted octanol–water partition coefficient (Wildman–Crippen LogP) is 2.79. The van der Waals surface area contributed by atoms with Crippen LogP contribution in [-0.2, 0) is 6.54 Å². The van der Waals surface area contributed by atoms with Crippen molar-refractivity contribution in [3.8, 4) is 11.8 Å². The number of likely N-dealkylation sites (tertiary alicyclic amines) is 1. The molecule has 1 N–H and O–H groups in total. The van der Waals surface area contributed by atoms with Crippen LogP contribution in [0.25, 0.3) is 0 Å². The van der Waals surface area contributed by atoms with Gasteiger partial charge in [-0.2, -0.15) is 0 Å². The van der Waals surface area contributed by atoms with E-state index in [1.54, 1.807) is 13.2 Å². The quantitative estimate of drug-likeness (QED) is 0.848. The van der Waals surface area contributed by atoms with Crippen molar-refractivity contribution < 1.29 is 14.6 Å². The van der Waals surface area contributed by atoms with E-state index in [4.69, 9.17) is 21.1 Å².